The Morgan fingerprint density at radius 2 is 2.00 bits per heavy atom. The number of hydrogen-bond acceptors (Lipinski definition) is 6. The highest BCUT2D eigenvalue weighted by molar-refractivity contribution is 7.89. The number of pyridine rings is 1. The molecule has 3 aliphatic carbocycles. The maximum absolute atomic E-state index is 13.7. The number of benzene rings is 1. The molecule has 3 aromatic rings. The Labute approximate surface area is 203 Å². The van der Waals surface area contributed by atoms with Crippen LogP contribution in [0.1, 0.15) is 77.5 Å². The van der Waals surface area contributed by atoms with Crippen molar-refractivity contribution in [3.8, 4) is 0 Å². The minimum absolute atomic E-state index is 0.109. The van der Waals surface area contributed by atoms with E-state index in [1.54, 1.807) is 26.2 Å². The smallest absolute Gasteiger partial charge is 0.241 e. The Balaban J connectivity index is 1.47. The average molecular weight is 483 g/mol. The number of nitrogens with zero attached hydrogens (tertiary/aromatic N) is 4. The summed E-state index contributed by atoms with van der Waals surface area (Å²) in [6.07, 6.45) is 9.70. The number of aryl methyl sites for hydroxylation is 1. The van der Waals surface area contributed by atoms with Crippen molar-refractivity contribution in [2.24, 2.45) is 11.8 Å². The maximum Gasteiger partial charge on any atom is 0.241 e. The lowest BCUT2D eigenvalue weighted by atomic mass is 10.00. The molecule has 0 aliphatic heterocycles. The van der Waals surface area contributed by atoms with Crippen LogP contribution in [-0.2, 0) is 16.4 Å². The summed E-state index contributed by atoms with van der Waals surface area (Å²) in [5, 5.41) is 13.3. The normalized spacial score (nSPS) is 21.6. The van der Waals surface area contributed by atoms with Gasteiger partial charge in [0.15, 0.2) is 0 Å². The lowest BCUT2D eigenvalue weighted by molar-refractivity contribution is 0.559. The Kier molecular flexibility index (Phi) is 4.82. The predicted octanol–water partition coefficient (Wildman–Crippen LogP) is 4.00. The first-order chi connectivity index (χ1) is 17.1. The minimum atomic E-state index is -4.16. The van der Waals surface area contributed by atoms with Gasteiger partial charge < -0.3 is 5.32 Å². The predicted molar refractivity (Wildman–Crippen MR) is 131 cm³/mol. The van der Waals surface area contributed by atoms with Gasteiger partial charge in [-0.2, -0.15) is 0 Å². The molecule has 2 heterocycles. The Bertz CT molecular complexity index is 1430. The second kappa shape index (κ2) is 8.30. The molecule has 2 fully saturated rings. The van der Waals surface area contributed by atoms with Gasteiger partial charge in [-0.1, -0.05) is 13.8 Å². The maximum atomic E-state index is 13.7. The lowest BCUT2D eigenvalue weighted by Gasteiger charge is -2.19. The first-order valence-corrected chi connectivity index (χ1v) is 13.7. The topological polar surface area (TPSA) is 102 Å². The van der Waals surface area contributed by atoms with Gasteiger partial charge in [0.25, 0.3) is 0 Å². The van der Waals surface area contributed by atoms with Crippen molar-refractivity contribution in [3.63, 3.8) is 0 Å². The molecule has 9 heteroatoms. The molecular weight excluding hydrogens is 448 g/mol. The molecule has 2 N–H and O–H groups in total. The van der Waals surface area contributed by atoms with Crippen LogP contribution in [0.5, 0.6) is 0 Å². The van der Waals surface area contributed by atoms with Crippen LogP contribution >= 0.6 is 0 Å². The van der Waals surface area contributed by atoms with Gasteiger partial charge in [0.05, 0.1) is 10.9 Å². The molecule has 180 valence electrons. The zero-order valence-corrected chi connectivity index (χ0v) is 20.4. The van der Waals surface area contributed by atoms with Crippen molar-refractivity contribution in [1.82, 2.24) is 24.5 Å². The molecule has 8 nitrogen and oxygen atoms in total. The van der Waals surface area contributed by atoms with Crippen molar-refractivity contribution >= 4 is 26.7 Å². The van der Waals surface area contributed by atoms with E-state index in [4.69, 9.17) is 7.73 Å². The van der Waals surface area contributed by atoms with Crippen LogP contribution < -0.4 is 10.0 Å². The van der Waals surface area contributed by atoms with E-state index < -0.39 is 22.4 Å². The molecule has 2 aromatic heterocycles. The second-order valence-corrected chi connectivity index (χ2v) is 11.9. The number of aromatic nitrogens is 4. The molecular formula is C25H32N6O2S. The van der Waals surface area contributed by atoms with E-state index in [1.807, 2.05) is 16.8 Å². The van der Waals surface area contributed by atoms with Crippen LogP contribution in [0.2, 0.25) is 0 Å². The molecule has 0 bridgehead atoms. The number of anilines is 1. The summed E-state index contributed by atoms with van der Waals surface area (Å²) in [7, 11) is -4.16. The third-order valence-corrected chi connectivity index (χ3v) is 8.40. The highest BCUT2D eigenvalue weighted by Crippen LogP contribution is 2.44. The summed E-state index contributed by atoms with van der Waals surface area (Å²) in [5.74, 6) is 1.22. The van der Waals surface area contributed by atoms with E-state index in [0.717, 1.165) is 54.4 Å². The monoisotopic (exact) mass is 482 g/mol. The van der Waals surface area contributed by atoms with Gasteiger partial charge in [-0.05, 0) is 73.6 Å². The number of rotatable bonds is 9. The van der Waals surface area contributed by atoms with Crippen LogP contribution in [0, 0.1) is 11.8 Å². The summed E-state index contributed by atoms with van der Waals surface area (Å²) in [4.78, 5) is 4.81. The van der Waals surface area contributed by atoms with E-state index in [-0.39, 0.29) is 10.9 Å². The Morgan fingerprint density at radius 3 is 2.74 bits per heavy atom. The van der Waals surface area contributed by atoms with Gasteiger partial charge in [-0.15, -0.1) is 10.2 Å². The van der Waals surface area contributed by atoms with Gasteiger partial charge >= 0.3 is 0 Å². The number of sulfonamides is 1. The van der Waals surface area contributed by atoms with Crippen LogP contribution in [-0.4, -0.2) is 41.2 Å². The van der Waals surface area contributed by atoms with Crippen molar-refractivity contribution in [2.75, 3.05) is 18.4 Å². The highest BCUT2D eigenvalue weighted by Gasteiger charge is 2.33. The molecule has 2 saturated carbocycles. The van der Waals surface area contributed by atoms with Crippen molar-refractivity contribution < 1.29 is 11.2 Å². The first kappa shape index (κ1) is 19.8. The molecule has 0 radical (unpaired) electrons. The summed E-state index contributed by atoms with van der Waals surface area (Å²) in [5.41, 5.74) is 2.91. The van der Waals surface area contributed by atoms with Gasteiger partial charge in [0, 0.05) is 44.4 Å². The summed E-state index contributed by atoms with van der Waals surface area (Å²) < 4.78 is 48.3. The van der Waals surface area contributed by atoms with E-state index in [1.165, 1.54) is 12.8 Å². The fourth-order valence-electron chi connectivity index (χ4n) is 4.91. The second-order valence-electron chi connectivity index (χ2n) is 10.2. The van der Waals surface area contributed by atoms with Crippen molar-refractivity contribution in [2.45, 2.75) is 69.2 Å². The molecule has 6 rings (SSSR count). The van der Waals surface area contributed by atoms with Crippen LogP contribution in [0.15, 0.2) is 29.6 Å². The Morgan fingerprint density at radius 1 is 1.18 bits per heavy atom. The number of nitrogens with one attached hydrogen (secondary N) is 2. The summed E-state index contributed by atoms with van der Waals surface area (Å²) >= 11 is 0. The third-order valence-electron chi connectivity index (χ3n) is 7.10. The summed E-state index contributed by atoms with van der Waals surface area (Å²) in [6, 6.07) is 3.54. The molecule has 1 unspecified atom stereocenters. The summed E-state index contributed by atoms with van der Waals surface area (Å²) in [6.45, 7) is 2.11. The molecule has 1 atom stereocenters. The fourth-order valence-corrected chi connectivity index (χ4v) is 6.15. The van der Waals surface area contributed by atoms with E-state index in [9.17, 15) is 8.42 Å². The van der Waals surface area contributed by atoms with Crippen molar-refractivity contribution in [1.29, 1.82) is 0 Å². The molecule has 0 saturated heterocycles. The van der Waals surface area contributed by atoms with Crippen LogP contribution in [0.4, 0.5) is 5.95 Å². The first-order valence-electron chi connectivity index (χ1n) is 13.3. The van der Waals surface area contributed by atoms with Crippen LogP contribution in [0.3, 0.4) is 0 Å². The number of hydrogen-bond donors (Lipinski definition) is 2. The minimum Gasteiger partial charge on any atom is -0.354 e. The van der Waals surface area contributed by atoms with Gasteiger partial charge in [0.2, 0.25) is 16.0 Å². The van der Waals surface area contributed by atoms with E-state index in [0.29, 0.717) is 23.2 Å². The highest BCUT2D eigenvalue weighted by atomic mass is 32.2. The Hall–Kier alpha value is -2.52. The standard InChI is InChI=1S/C25H32N6O2S/c1-15(2)11-29-34(32,33)24-10-19-18(21-13-26-22(9-20(21)24)17-5-6-17)7-8-23(19)31-14-28-30-25(31)27-12-16-3-4-16/h9-10,13-17,23,29H,3-8,11-12H2,1-2H3,(H,27,30)/i11D2. The SMILES string of the molecule is [2H]C([2H])(NS(=O)(=O)c1cc2c(c3cnc(C4CC4)cc13)CCC2n1cnnc1NCC1CC1)C(C)C. The molecule has 34 heavy (non-hydrogen) atoms. The fraction of sp³-hybridized carbons (Fsp3) is 0.560. The van der Waals surface area contributed by atoms with Crippen molar-refractivity contribution in [3.05, 3.63) is 41.5 Å². The van der Waals surface area contributed by atoms with Gasteiger partial charge in [0.1, 0.15) is 6.33 Å². The quantitative estimate of drug-likeness (QED) is 0.478. The lowest BCUT2D eigenvalue weighted by Crippen LogP contribution is -2.28. The third kappa shape index (κ3) is 4.09. The molecule has 0 amide bonds. The largest absolute Gasteiger partial charge is 0.354 e. The van der Waals surface area contributed by atoms with E-state index in [2.05, 4.69) is 20.2 Å². The van der Waals surface area contributed by atoms with Gasteiger partial charge in [-0.3, -0.25) is 9.55 Å². The zero-order valence-electron chi connectivity index (χ0n) is 21.6. The number of fused-ring (bicyclic) bond motifs is 3. The van der Waals surface area contributed by atoms with Crippen LogP contribution in [0.25, 0.3) is 10.8 Å². The molecule has 0 spiro atoms. The molecule has 3 aliphatic rings. The van der Waals surface area contributed by atoms with E-state index >= 15 is 0 Å². The molecule has 1 aromatic carbocycles. The average Bonchev–Trinajstić information content (AvgIpc) is 3.75. The van der Waals surface area contributed by atoms with Gasteiger partial charge in [-0.25, -0.2) is 13.1 Å². The zero-order chi connectivity index (χ0) is 25.2.